The van der Waals surface area contributed by atoms with Gasteiger partial charge in [-0.1, -0.05) is 13.0 Å². The van der Waals surface area contributed by atoms with Crippen LogP contribution in [0, 0.1) is 5.92 Å². The van der Waals surface area contributed by atoms with Crippen LogP contribution in [0.15, 0.2) is 18.2 Å². The highest BCUT2D eigenvalue weighted by Gasteiger charge is 2.29. The van der Waals surface area contributed by atoms with Crippen molar-refractivity contribution in [3.63, 3.8) is 0 Å². The summed E-state index contributed by atoms with van der Waals surface area (Å²) in [6.07, 6.45) is 1.20. The summed E-state index contributed by atoms with van der Waals surface area (Å²) in [6, 6.07) is 6.28. The molecule has 3 nitrogen and oxygen atoms in total. The van der Waals surface area contributed by atoms with E-state index in [9.17, 15) is 0 Å². The van der Waals surface area contributed by atoms with Crippen LogP contribution in [-0.2, 0) is 0 Å². The van der Waals surface area contributed by atoms with E-state index in [2.05, 4.69) is 12.2 Å². The van der Waals surface area contributed by atoms with E-state index in [0.29, 0.717) is 12.0 Å². The largest absolute Gasteiger partial charge is 0.496 e. The van der Waals surface area contributed by atoms with E-state index in [-0.39, 0.29) is 0 Å². The van der Waals surface area contributed by atoms with Gasteiger partial charge in [0.25, 0.3) is 0 Å². The number of hydrogen-bond donors (Lipinski definition) is 1. The van der Waals surface area contributed by atoms with Gasteiger partial charge in [0.15, 0.2) is 0 Å². The highest BCUT2D eigenvalue weighted by molar-refractivity contribution is 5.47. The molecule has 16 heavy (non-hydrogen) atoms. The van der Waals surface area contributed by atoms with E-state index in [1.54, 1.807) is 14.2 Å². The molecule has 1 saturated heterocycles. The topological polar surface area (TPSA) is 30.5 Å². The molecule has 0 spiro atoms. The fraction of sp³-hybridized carbons (Fsp3) is 0.538. The Bertz CT molecular complexity index is 343. The quantitative estimate of drug-likeness (QED) is 0.850. The molecule has 1 aliphatic rings. The lowest BCUT2D eigenvalue weighted by Gasteiger charge is -2.21. The van der Waals surface area contributed by atoms with Gasteiger partial charge in [0.1, 0.15) is 11.5 Å². The minimum atomic E-state index is 0.339. The van der Waals surface area contributed by atoms with Crippen molar-refractivity contribution >= 4 is 0 Å². The molecule has 88 valence electrons. The first kappa shape index (κ1) is 11.3. The van der Waals surface area contributed by atoms with Crippen LogP contribution >= 0.6 is 0 Å². The Balaban J connectivity index is 2.43. The Hall–Kier alpha value is -1.22. The van der Waals surface area contributed by atoms with Crippen molar-refractivity contribution in [1.29, 1.82) is 0 Å². The molecular formula is C13H19NO2. The first-order valence-corrected chi connectivity index (χ1v) is 5.72. The zero-order valence-corrected chi connectivity index (χ0v) is 10.1. The molecule has 1 heterocycles. The van der Waals surface area contributed by atoms with Crippen LogP contribution < -0.4 is 14.8 Å². The average molecular weight is 221 g/mol. The molecule has 0 amide bonds. The first-order valence-electron chi connectivity index (χ1n) is 5.72. The summed E-state index contributed by atoms with van der Waals surface area (Å²) in [7, 11) is 3.41. The zero-order chi connectivity index (χ0) is 11.5. The Morgan fingerprint density at radius 2 is 1.81 bits per heavy atom. The molecule has 1 aromatic carbocycles. The number of nitrogens with one attached hydrogen (secondary N) is 1. The molecule has 0 saturated carbocycles. The average Bonchev–Trinajstić information content (AvgIpc) is 2.74. The standard InChI is InChI=1S/C13H19NO2/c1-9-7-8-14-13(9)12-10(15-2)5-4-6-11(12)16-3/h4-6,9,13-14H,7-8H2,1-3H3. The molecule has 0 bridgehead atoms. The summed E-state index contributed by atoms with van der Waals surface area (Å²) < 4.78 is 10.9. The van der Waals surface area contributed by atoms with Crippen LogP contribution in [0.2, 0.25) is 0 Å². The Morgan fingerprint density at radius 1 is 1.19 bits per heavy atom. The van der Waals surface area contributed by atoms with Crippen LogP contribution in [0.25, 0.3) is 0 Å². The van der Waals surface area contributed by atoms with Crippen molar-refractivity contribution in [3.8, 4) is 11.5 Å². The van der Waals surface area contributed by atoms with E-state index in [0.717, 1.165) is 23.6 Å². The number of benzene rings is 1. The van der Waals surface area contributed by atoms with Crippen LogP contribution in [0.3, 0.4) is 0 Å². The van der Waals surface area contributed by atoms with E-state index in [4.69, 9.17) is 9.47 Å². The van der Waals surface area contributed by atoms with E-state index >= 15 is 0 Å². The number of rotatable bonds is 3. The van der Waals surface area contributed by atoms with Crippen molar-refractivity contribution in [2.45, 2.75) is 19.4 Å². The highest BCUT2D eigenvalue weighted by atomic mass is 16.5. The molecule has 1 aromatic rings. The summed E-state index contributed by atoms with van der Waals surface area (Å²) in [5.74, 6) is 2.43. The van der Waals surface area contributed by atoms with Crippen molar-refractivity contribution in [2.24, 2.45) is 5.92 Å². The maximum atomic E-state index is 5.43. The number of ether oxygens (including phenoxy) is 2. The monoisotopic (exact) mass is 221 g/mol. The molecule has 0 aromatic heterocycles. The molecule has 0 radical (unpaired) electrons. The number of hydrogen-bond acceptors (Lipinski definition) is 3. The summed E-state index contributed by atoms with van der Waals surface area (Å²) in [5, 5.41) is 3.51. The lowest BCUT2D eigenvalue weighted by molar-refractivity contribution is 0.365. The van der Waals surface area contributed by atoms with Crippen LogP contribution in [0.1, 0.15) is 24.9 Å². The predicted octanol–water partition coefficient (Wildman–Crippen LogP) is 2.37. The maximum absolute atomic E-state index is 5.43. The molecule has 2 atom stereocenters. The maximum Gasteiger partial charge on any atom is 0.127 e. The van der Waals surface area contributed by atoms with Crippen molar-refractivity contribution in [2.75, 3.05) is 20.8 Å². The third-order valence-electron chi connectivity index (χ3n) is 3.31. The van der Waals surface area contributed by atoms with Gasteiger partial charge >= 0.3 is 0 Å². The van der Waals surface area contributed by atoms with Gasteiger partial charge in [-0.3, -0.25) is 0 Å². The fourth-order valence-corrected chi connectivity index (χ4v) is 2.41. The fourth-order valence-electron chi connectivity index (χ4n) is 2.41. The highest BCUT2D eigenvalue weighted by Crippen LogP contribution is 2.40. The lowest BCUT2D eigenvalue weighted by atomic mass is 9.94. The zero-order valence-electron chi connectivity index (χ0n) is 10.1. The van der Waals surface area contributed by atoms with Gasteiger partial charge < -0.3 is 14.8 Å². The van der Waals surface area contributed by atoms with Crippen LogP contribution in [0.5, 0.6) is 11.5 Å². The van der Waals surface area contributed by atoms with Gasteiger partial charge in [0, 0.05) is 6.04 Å². The predicted molar refractivity (Wildman–Crippen MR) is 64.1 cm³/mol. The molecule has 1 aliphatic heterocycles. The summed E-state index contributed by atoms with van der Waals surface area (Å²) in [5.41, 5.74) is 1.15. The van der Waals surface area contributed by atoms with Crippen molar-refractivity contribution in [1.82, 2.24) is 5.32 Å². The van der Waals surface area contributed by atoms with Gasteiger partial charge in [0.05, 0.1) is 19.8 Å². The third-order valence-corrected chi connectivity index (χ3v) is 3.31. The Labute approximate surface area is 96.8 Å². The molecule has 2 rings (SSSR count). The van der Waals surface area contributed by atoms with Gasteiger partial charge in [-0.05, 0) is 31.0 Å². The van der Waals surface area contributed by atoms with Gasteiger partial charge in [-0.25, -0.2) is 0 Å². The van der Waals surface area contributed by atoms with Gasteiger partial charge in [-0.2, -0.15) is 0 Å². The van der Waals surface area contributed by atoms with Crippen LogP contribution in [-0.4, -0.2) is 20.8 Å². The van der Waals surface area contributed by atoms with E-state index < -0.39 is 0 Å². The molecule has 1 N–H and O–H groups in total. The first-order chi connectivity index (χ1) is 7.77. The summed E-state index contributed by atoms with van der Waals surface area (Å²) in [6.45, 7) is 3.32. The second-order valence-electron chi connectivity index (χ2n) is 4.27. The SMILES string of the molecule is COc1cccc(OC)c1C1NCCC1C. The Morgan fingerprint density at radius 3 is 2.25 bits per heavy atom. The molecular weight excluding hydrogens is 202 g/mol. The minimum Gasteiger partial charge on any atom is -0.496 e. The second-order valence-corrected chi connectivity index (χ2v) is 4.27. The second kappa shape index (κ2) is 4.74. The van der Waals surface area contributed by atoms with Gasteiger partial charge in [0.2, 0.25) is 0 Å². The summed E-state index contributed by atoms with van der Waals surface area (Å²) in [4.78, 5) is 0. The lowest BCUT2D eigenvalue weighted by Crippen LogP contribution is -2.18. The molecule has 1 fully saturated rings. The normalized spacial score (nSPS) is 24.4. The van der Waals surface area contributed by atoms with E-state index in [1.165, 1.54) is 6.42 Å². The molecule has 0 aliphatic carbocycles. The van der Waals surface area contributed by atoms with Crippen molar-refractivity contribution in [3.05, 3.63) is 23.8 Å². The minimum absolute atomic E-state index is 0.339. The number of methoxy groups -OCH3 is 2. The van der Waals surface area contributed by atoms with Crippen molar-refractivity contribution < 1.29 is 9.47 Å². The Kier molecular flexibility index (Phi) is 3.34. The molecule has 3 heteroatoms. The van der Waals surface area contributed by atoms with Crippen LogP contribution in [0.4, 0.5) is 0 Å². The van der Waals surface area contributed by atoms with E-state index in [1.807, 2.05) is 18.2 Å². The smallest absolute Gasteiger partial charge is 0.127 e. The summed E-state index contributed by atoms with van der Waals surface area (Å²) >= 11 is 0. The van der Waals surface area contributed by atoms with Gasteiger partial charge in [-0.15, -0.1) is 0 Å². The molecule has 2 unspecified atom stereocenters. The third kappa shape index (κ3) is 1.87.